The van der Waals surface area contributed by atoms with E-state index < -0.39 is 0 Å². The predicted octanol–water partition coefficient (Wildman–Crippen LogP) is -0.767. The molecule has 4 heteroatoms. The summed E-state index contributed by atoms with van der Waals surface area (Å²) in [7, 11) is 0. The van der Waals surface area contributed by atoms with Gasteiger partial charge in [0.15, 0.2) is 0 Å². The molecule has 18 valence electrons. The summed E-state index contributed by atoms with van der Waals surface area (Å²) in [5.41, 5.74) is 0. The smallest absolute Gasteiger partial charge is 0.0814 e. The van der Waals surface area contributed by atoms with E-state index in [0.717, 1.165) is 0 Å². The summed E-state index contributed by atoms with van der Waals surface area (Å²) in [6, 6.07) is 0. The van der Waals surface area contributed by atoms with Gasteiger partial charge in [0.1, 0.15) is 0 Å². The second kappa shape index (κ2) is 23.3. The van der Waals surface area contributed by atoms with Crippen LogP contribution in [0, 0.1) is 0 Å². The van der Waals surface area contributed by atoms with Crippen LogP contribution in [0.1, 0.15) is 0 Å². The molecule has 0 unspecified atom stereocenters. The summed E-state index contributed by atoms with van der Waals surface area (Å²) in [6.45, 7) is 0. The minimum Gasteiger partial charge on any atom is -0.147 e. The Kier molecular flexibility index (Phi) is 269. The molecule has 0 rings (SSSR count). The predicted molar refractivity (Wildman–Crippen MR) is 17.2 cm³/mol. The Bertz CT molecular complexity index is 6.00. The van der Waals surface area contributed by atoms with Crippen LogP contribution >= 0.6 is 12.4 Å². The Labute approximate surface area is 59.6 Å². The fourth-order valence-corrected chi connectivity index (χ4v) is 0. The first-order valence-electron chi connectivity index (χ1n) is 0. The summed E-state index contributed by atoms with van der Waals surface area (Å²) in [5.74, 6) is 0. The monoisotopic (exact) mass is 178 g/mol. The zero-order chi connectivity index (χ0) is 0. The van der Waals surface area contributed by atoms with Crippen molar-refractivity contribution in [2.75, 3.05) is 0 Å². The van der Waals surface area contributed by atoms with E-state index in [2.05, 4.69) is 0 Å². The van der Waals surface area contributed by atoms with Crippen molar-refractivity contribution in [3.05, 3.63) is 0 Å². The molecule has 0 aliphatic rings. The molecule has 0 aromatic rings. The Morgan fingerprint density at radius 3 is 0.750 bits per heavy atom. The molecular weight excluding hydrogens is 177 g/mol. The molecule has 0 radical (unpaired) electrons. The van der Waals surface area contributed by atoms with Crippen molar-refractivity contribution < 1.29 is 39.0 Å². The van der Waals surface area contributed by atoms with E-state index in [0.29, 0.717) is 0 Å². The molecule has 0 saturated carbocycles. The summed E-state index contributed by atoms with van der Waals surface area (Å²) >= 11 is 0. The third-order valence-corrected chi connectivity index (χ3v) is 0. The first-order valence-corrected chi connectivity index (χ1v) is 0. The topological polar surface area (TPSA) is 0 Å². The largest absolute Gasteiger partial charge is 0.147 e. The van der Waals surface area contributed by atoms with Crippen LogP contribution < -0.4 is 0 Å². The first-order chi connectivity index (χ1) is 0. The van der Waals surface area contributed by atoms with Gasteiger partial charge in [-0.15, -0.1) is 12.4 Å². The van der Waals surface area contributed by atoms with Gasteiger partial charge < -0.3 is 0 Å². The number of rotatable bonds is 0. The van der Waals surface area contributed by atoms with Crippen LogP contribution in [0.3, 0.4) is 0 Å². The van der Waals surface area contributed by atoms with Crippen LogP contribution in [0.2, 0.25) is 0 Å². The quantitative estimate of drug-likeness (QED) is 0.430. The zero-order valence-electron chi connectivity index (χ0n) is 1.82. The van der Waals surface area contributed by atoms with Gasteiger partial charge in [-0.05, 0) is 0 Å². The maximum atomic E-state index is 0. The van der Waals surface area contributed by atoms with Crippen molar-refractivity contribution in [3.8, 4) is 0 Å². The Morgan fingerprint density at radius 1 is 0.750 bits per heavy atom. The van der Waals surface area contributed by atoms with Crippen LogP contribution in [0.4, 0.5) is 0 Å². The van der Waals surface area contributed by atoms with Gasteiger partial charge in [0.25, 0.3) is 0 Å². The molecule has 0 N–H and O–H groups in total. The van der Waals surface area contributed by atoms with Crippen molar-refractivity contribution in [1.82, 2.24) is 0 Å². The van der Waals surface area contributed by atoms with Crippen molar-refractivity contribution in [2.45, 2.75) is 0 Å². The van der Waals surface area contributed by atoms with Gasteiger partial charge in [0.05, 0.1) is 8.41 Å². The van der Waals surface area contributed by atoms with E-state index >= 15 is 0 Å². The molecule has 0 spiro atoms. The van der Waals surface area contributed by atoms with Gasteiger partial charge in [-0.1, -0.05) is 0 Å². The molecule has 0 aliphatic heterocycles. The molecule has 0 atom stereocenters. The van der Waals surface area contributed by atoms with Crippen LogP contribution in [0.15, 0.2) is 0 Å². The van der Waals surface area contributed by atoms with Crippen LogP contribution in [0.25, 0.3) is 0 Å². The number of hydrogen-bond acceptors (Lipinski definition) is 0. The molecule has 0 aromatic heterocycles. The molecule has 0 saturated heterocycles. The van der Waals surface area contributed by atoms with Gasteiger partial charge in [-0.25, -0.2) is 0 Å². The van der Waals surface area contributed by atoms with Crippen molar-refractivity contribution >= 4 is 20.8 Å². The normalized spacial score (nSPS) is 0. The first kappa shape index (κ1) is 46.2. The standard InChI is InChI=1S/BH3.ClH.2Zn/h1H3;1H;;. The average Bonchev–Trinajstić information content (AvgIpc) is 0. The Balaban J connectivity index is 0. The minimum atomic E-state index is 0. The van der Waals surface area contributed by atoms with Gasteiger partial charge in [0, 0.05) is 39.0 Å². The Morgan fingerprint density at radius 2 is 0.750 bits per heavy atom. The van der Waals surface area contributed by atoms with E-state index in [9.17, 15) is 0 Å². The Hall–Kier alpha value is 1.60. The second-order valence-electron chi connectivity index (χ2n) is 0. The molecule has 0 bridgehead atoms. The van der Waals surface area contributed by atoms with Gasteiger partial charge in [0.2, 0.25) is 0 Å². The third kappa shape index (κ3) is 9.50. The fraction of sp³-hybridized carbons (Fsp3) is 0. The van der Waals surface area contributed by atoms with Crippen molar-refractivity contribution in [3.63, 3.8) is 0 Å². The van der Waals surface area contributed by atoms with E-state index in [-0.39, 0.29) is 59.8 Å². The number of hydrogen-bond donors (Lipinski definition) is 0. The van der Waals surface area contributed by atoms with Crippen molar-refractivity contribution in [2.24, 2.45) is 0 Å². The maximum absolute atomic E-state index is 0. The van der Waals surface area contributed by atoms with Crippen molar-refractivity contribution in [1.29, 1.82) is 0 Å². The van der Waals surface area contributed by atoms with Gasteiger partial charge >= 0.3 is 0 Å². The van der Waals surface area contributed by atoms with Crippen LogP contribution in [0.5, 0.6) is 0 Å². The molecule has 4 heavy (non-hydrogen) atoms. The zero-order valence-corrected chi connectivity index (χ0v) is 8.57. The molecular formula is H4BClZn2. The van der Waals surface area contributed by atoms with Gasteiger partial charge in [-0.3, -0.25) is 0 Å². The average molecular weight is 181 g/mol. The summed E-state index contributed by atoms with van der Waals surface area (Å²) in [5, 5.41) is 0. The minimum absolute atomic E-state index is 0. The molecule has 0 aromatic carbocycles. The summed E-state index contributed by atoms with van der Waals surface area (Å²) in [6.07, 6.45) is 0. The summed E-state index contributed by atoms with van der Waals surface area (Å²) < 4.78 is 0. The van der Waals surface area contributed by atoms with Crippen LogP contribution in [-0.4, -0.2) is 8.41 Å². The maximum Gasteiger partial charge on any atom is 0.0814 e. The second-order valence-corrected chi connectivity index (χ2v) is 0. The third-order valence-electron chi connectivity index (χ3n) is 0. The van der Waals surface area contributed by atoms with Gasteiger partial charge in [-0.2, -0.15) is 0 Å². The molecule has 0 heterocycles. The molecule has 0 amide bonds. The van der Waals surface area contributed by atoms with E-state index in [1.165, 1.54) is 0 Å². The molecule has 0 nitrogen and oxygen atoms in total. The van der Waals surface area contributed by atoms with Crippen LogP contribution in [-0.2, 0) is 39.0 Å². The summed E-state index contributed by atoms with van der Waals surface area (Å²) in [4.78, 5) is 0. The van der Waals surface area contributed by atoms with E-state index in [1.54, 1.807) is 0 Å². The van der Waals surface area contributed by atoms with E-state index in [4.69, 9.17) is 0 Å². The fourth-order valence-electron chi connectivity index (χ4n) is 0. The van der Waals surface area contributed by atoms with E-state index in [1.807, 2.05) is 0 Å². The molecule has 0 fully saturated rings. The molecule has 0 aliphatic carbocycles. The number of halogens is 1. The SMILES string of the molecule is B.Cl.[Zn].[Zn].